The maximum absolute atomic E-state index is 11.6. The summed E-state index contributed by atoms with van der Waals surface area (Å²) in [6.07, 6.45) is 1.69. The highest BCUT2D eigenvalue weighted by atomic mass is 32.2. The summed E-state index contributed by atoms with van der Waals surface area (Å²) in [7, 11) is -3.29. The molecule has 8 heteroatoms. The van der Waals surface area contributed by atoms with Crippen LogP contribution in [0.5, 0.6) is 0 Å². The number of hydrogen-bond acceptors (Lipinski definition) is 5. The highest BCUT2D eigenvalue weighted by Gasteiger charge is 2.13. The molecule has 3 rings (SSSR count). The Kier molecular flexibility index (Phi) is 4.30. The van der Waals surface area contributed by atoms with E-state index in [9.17, 15) is 8.42 Å². The number of hydrogen-bond donors (Lipinski definition) is 1. The predicted molar refractivity (Wildman–Crippen MR) is 92.4 cm³/mol. The average molecular weight is 343 g/mol. The predicted octanol–water partition coefficient (Wildman–Crippen LogP) is 2.40. The van der Waals surface area contributed by atoms with Crippen LogP contribution in [0.1, 0.15) is 12.7 Å². The molecule has 0 saturated heterocycles. The molecule has 0 aliphatic heterocycles. The summed E-state index contributed by atoms with van der Waals surface area (Å²) in [5, 5.41) is 4.38. The lowest BCUT2D eigenvalue weighted by Gasteiger charge is -2.08. The first-order chi connectivity index (χ1) is 11.5. The minimum Gasteiger partial charge on any atom is -0.284 e. The first-order valence-corrected chi connectivity index (χ1v) is 9.10. The average Bonchev–Trinajstić information content (AvgIpc) is 2.98. The van der Waals surface area contributed by atoms with E-state index < -0.39 is 10.0 Å². The van der Waals surface area contributed by atoms with E-state index in [0.717, 1.165) is 5.56 Å². The Morgan fingerprint density at radius 3 is 2.50 bits per heavy atom. The number of rotatable bonds is 5. The molecule has 0 fully saturated rings. The van der Waals surface area contributed by atoms with Gasteiger partial charge in [0.1, 0.15) is 5.82 Å². The monoisotopic (exact) mass is 343 g/mol. The van der Waals surface area contributed by atoms with Crippen LogP contribution in [0.4, 0.5) is 5.69 Å². The van der Waals surface area contributed by atoms with Crippen LogP contribution in [0.25, 0.3) is 17.2 Å². The zero-order valence-electron chi connectivity index (χ0n) is 13.3. The lowest BCUT2D eigenvalue weighted by atomic mass is 10.2. The lowest BCUT2D eigenvalue weighted by Crippen LogP contribution is -2.14. The number of aromatic nitrogens is 4. The van der Waals surface area contributed by atoms with Gasteiger partial charge in [-0.1, -0.05) is 6.07 Å². The fourth-order valence-corrected chi connectivity index (χ4v) is 2.82. The third-order valence-electron chi connectivity index (χ3n) is 3.38. The molecule has 7 nitrogen and oxygen atoms in total. The van der Waals surface area contributed by atoms with Crippen molar-refractivity contribution in [2.75, 3.05) is 10.5 Å². The van der Waals surface area contributed by atoms with E-state index in [4.69, 9.17) is 0 Å². The number of nitrogens with zero attached hydrogens (tertiary/aromatic N) is 4. The van der Waals surface area contributed by atoms with Crippen molar-refractivity contribution in [2.24, 2.45) is 0 Å². The summed E-state index contributed by atoms with van der Waals surface area (Å²) < 4.78 is 27.4. The van der Waals surface area contributed by atoms with Gasteiger partial charge in [-0.15, -0.1) is 5.10 Å². The molecule has 0 radical (unpaired) electrons. The second-order valence-corrected chi connectivity index (χ2v) is 7.18. The molecule has 1 aromatic carbocycles. The van der Waals surface area contributed by atoms with Crippen molar-refractivity contribution >= 4 is 15.7 Å². The van der Waals surface area contributed by atoms with E-state index in [2.05, 4.69) is 19.8 Å². The molecule has 0 saturated carbocycles. The summed E-state index contributed by atoms with van der Waals surface area (Å²) in [5.74, 6) is 1.98. The van der Waals surface area contributed by atoms with Gasteiger partial charge in [-0.3, -0.25) is 4.72 Å². The Labute approximate surface area is 140 Å². The molecular weight excluding hydrogens is 326 g/mol. The van der Waals surface area contributed by atoms with E-state index >= 15 is 0 Å². The van der Waals surface area contributed by atoms with Crippen LogP contribution in [-0.4, -0.2) is 33.9 Å². The van der Waals surface area contributed by atoms with Crippen molar-refractivity contribution in [3.63, 3.8) is 0 Å². The first-order valence-electron chi connectivity index (χ1n) is 7.44. The molecule has 0 unspecified atom stereocenters. The van der Waals surface area contributed by atoms with Gasteiger partial charge in [-0.25, -0.2) is 18.4 Å². The summed E-state index contributed by atoms with van der Waals surface area (Å²) in [5.41, 5.74) is 1.34. The SMILES string of the molecule is CCS(=O)(=O)Nc1ccc(-c2nc(C)nn2-c2ccccn2)cc1. The van der Waals surface area contributed by atoms with Gasteiger partial charge < -0.3 is 0 Å². The molecule has 0 spiro atoms. The van der Waals surface area contributed by atoms with Crippen molar-refractivity contribution in [1.29, 1.82) is 0 Å². The number of aryl methyl sites for hydroxylation is 1. The normalized spacial score (nSPS) is 11.4. The van der Waals surface area contributed by atoms with Crippen LogP contribution in [0, 0.1) is 6.92 Å². The fraction of sp³-hybridized carbons (Fsp3) is 0.188. The van der Waals surface area contributed by atoms with Gasteiger partial charge >= 0.3 is 0 Å². The van der Waals surface area contributed by atoms with Crippen molar-refractivity contribution in [3.8, 4) is 17.2 Å². The molecule has 0 aliphatic rings. The molecule has 0 bridgehead atoms. The van der Waals surface area contributed by atoms with Crippen molar-refractivity contribution in [3.05, 3.63) is 54.5 Å². The number of benzene rings is 1. The maximum atomic E-state index is 11.6. The molecule has 0 aliphatic carbocycles. The second-order valence-electron chi connectivity index (χ2n) is 5.17. The van der Waals surface area contributed by atoms with Crippen LogP contribution >= 0.6 is 0 Å². The van der Waals surface area contributed by atoms with Gasteiger partial charge in [0.25, 0.3) is 0 Å². The number of anilines is 1. The Morgan fingerprint density at radius 1 is 1.12 bits per heavy atom. The summed E-state index contributed by atoms with van der Waals surface area (Å²) >= 11 is 0. The minimum atomic E-state index is -3.29. The van der Waals surface area contributed by atoms with Crippen LogP contribution < -0.4 is 4.72 Å². The first kappa shape index (κ1) is 16.1. The van der Waals surface area contributed by atoms with Crippen LogP contribution in [0.15, 0.2) is 48.7 Å². The standard InChI is InChI=1S/C16H17N5O2S/c1-3-24(22,23)20-14-9-7-13(8-10-14)16-18-12(2)19-21(16)15-6-4-5-11-17-15/h4-11,20H,3H2,1-2H3. The van der Waals surface area contributed by atoms with Crippen LogP contribution in [-0.2, 0) is 10.0 Å². The quantitative estimate of drug-likeness (QED) is 0.768. The largest absolute Gasteiger partial charge is 0.284 e. The van der Waals surface area contributed by atoms with Gasteiger partial charge in [-0.05, 0) is 50.2 Å². The molecule has 0 amide bonds. The molecule has 124 valence electrons. The summed E-state index contributed by atoms with van der Waals surface area (Å²) in [6.45, 7) is 3.40. The van der Waals surface area contributed by atoms with E-state index in [1.165, 1.54) is 0 Å². The zero-order valence-corrected chi connectivity index (χ0v) is 14.2. The van der Waals surface area contributed by atoms with E-state index in [-0.39, 0.29) is 5.75 Å². The molecular formula is C16H17N5O2S. The van der Waals surface area contributed by atoms with Crippen LogP contribution in [0.3, 0.4) is 0 Å². The Bertz CT molecular complexity index is 934. The molecule has 1 N–H and O–H groups in total. The van der Waals surface area contributed by atoms with E-state index in [1.54, 1.807) is 42.1 Å². The van der Waals surface area contributed by atoms with E-state index in [1.807, 2.05) is 25.1 Å². The Morgan fingerprint density at radius 2 is 1.88 bits per heavy atom. The number of nitrogens with one attached hydrogen (secondary N) is 1. The van der Waals surface area contributed by atoms with Crippen molar-refractivity contribution < 1.29 is 8.42 Å². The maximum Gasteiger partial charge on any atom is 0.232 e. The van der Waals surface area contributed by atoms with Crippen molar-refractivity contribution in [1.82, 2.24) is 19.7 Å². The van der Waals surface area contributed by atoms with Gasteiger partial charge in [-0.2, -0.15) is 4.68 Å². The van der Waals surface area contributed by atoms with Crippen LogP contribution in [0.2, 0.25) is 0 Å². The zero-order chi connectivity index (χ0) is 17.2. The molecule has 0 atom stereocenters. The highest BCUT2D eigenvalue weighted by molar-refractivity contribution is 7.92. The molecule has 2 aromatic heterocycles. The van der Waals surface area contributed by atoms with Gasteiger partial charge in [0.2, 0.25) is 10.0 Å². The molecule has 2 heterocycles. The van der Waals surface area contributed by atoms with Gasteiger partial charge in [0.15, 0.2) is 11.6 Å². The Hall–Kier alpha value is -2.74. The minimum absolute atomic E-state index is 0.0297. The smallest absolute Gasteiger partial charge is 0.232 e. The number of sulfonamides is 1. The summed E-state index contributed by atoms with van der Waals surface area (Å²) in [6, 6.07) is 12.6. The topological polar surface area (TPSA) is 89.8 Å². The van der Waals surface area contributed by atoms with Gasteiger partial charge in [0.05, 0.1) is 5.75 Å². The highest BCUT2D eigenvalue weighted by Crippen LogP contribution is 2.22. The lowest BCUT2D eigenvalue weighted by molar-refractivity contribution is 0.602. The fourth-order valence-electron chi connectivity index (χ4n) is 2.18. The molecule has 3 aromatic rings. The third kappa shape index (κ3) is 3.43. The third-order valence-corrected chi connectivity index (χ3v) is 4.68. The molecule has 24 heavy (non-hydrogen) atoms. The second kappa shape index (κ2) is 6.40. The van der Waals surface area contributed by atoms with Gasteiger partial charge in [0, 0.05) is 17.4 Å². The van der Waals surface area contributed by atoms with E-state index in [0.29, 0.717) is 23.2 Å². The Balaban J connectivity index is 1.96. The summed E-state index contributed by atoms with van der Waals surface area (Å²) in [4.78, 5) is 8.75. The number of pyridine rings is 1. The van der Waals surface area contributed by atoms with Crippen molar-refractivity contribution in [2.45, 2.75) is 13.8 Å².